The average Bonchev–Trinajstić information content (AvgIpc) is 1.65. The maximum atomic E-state index is 7.88. The van der Waals surface area contributed by atoms with Crippen LogP contribution >= 0.6 is 0 Å². The lowest BCUT2D eigenvalue weighted by molar-refractivity contribution is 0.295. The van der Waals surface area contributed by atoms with Gasteiger partial charge in [0.15, 0.2) is 0 Å². The maximum Gasteiger partial charge on any atom is 0.0428 e. The fraction of sp³-hybridized carbons (Fsp3) is 1.00. The third-order valence-corrected chi connectivity index (χ3v) is 0.224. The van der Waals surface area contributed by atoms with E-state index in [1.807, 2.05) is 6.92 Å². The van der Waals surface area contributed by atoms with Crippen LogP contribution in [0.4, 0.5) is 0 Å². The summed E-state index contributed by atoms with van der Waals surface area (Å²) < 4.78 is 0. The molecule has 3 nitrogen and oxygen atoms in total. The van der Waals surface area contributed by atoms with Crippen molar-refractivity contribution in [1.29, 1.82) is 0 Å². The molecule has 3 heteroatoms. The Morgan fingerprint density at radius 3 is 1.62 bits per heavy atom. The second-order valence-electron chi connectivity index (χ2n) is 1.69. The highest BCUT2D eigenvalue weighted by molar-refractivity contribution is 4.10. The van der Waals surface area contributed by atoms with E-state index in [1.54, 1.807) is 14.1 Å². The monoisotopic (exact) mass is 120 g/mol. The predicted molar refractivity (Wildman–Crippen MR) is 35.3 cm³/mol. The molecule has 0 bridgehead atoms. The van der Waals surface area contributed by atoms with Gasteiger partial charge in [-0.05, 0) is 6.42 Å². The van der Waals surface area contributed by atoms with Crippen LogP contribution in [0, 0.1) is 0 Å². The van der Waals surface area contributed by atoms with Gasteiger partial charge < -0.3 is 5.11 Å². The Morgan fingerprint density at radius 2 is 1.62 bits per heavy atom. The van der Waals surface area contributed by atoms with Crippen molar-refractivity contribution in [3.63, 3.8) is 0 Å². The second-order valence-corrected chi connectivity index (χ2v) is 1.69. The first kappa shape index (κ1) is 10.8. The average molecular weight is 120 g/mol. The summed E-state index contributed by atoms with van der Waals surface area (Å²) in [6.45, 7) is 2.25. The van der Waals surface area contributed by atoms with E-state index in [1.165, 1.54) is 5.01 Å². The van der Waals surface area contributed by atoms with E-state index in [-0.39, 0.29) is 0 Å². The minimum atomic E-state index is 0.319. The Morgan fingerprint density at radius 1 is 1.50 bits per heavy atom. The number of aliphatic hydroxyl groups is 1. The lowest BCUT2D eigenvalue weighted by atomic mass is 10.5. The molecule has 0 aliphatic carbocycles. The summed E-state index contributed by atoms with van der Waals surface area (Å²) in [6, 6.07) is 0. The fourth-order valence-corrected chi connectivity index (χ4v) is 0. The van der Waals surface area contributed by atoms with E-state index in [0.717, 1.165) is 6.42 Å². The number of nitrogens with two attached hydrogens (primary N) is 1. The van der Waals surface area contributed by atoms with Gasteiger partial charge in [-0.25, -0.2) is 0 Å². The van der Waals surface area contributed by atoms with Crippen molar-refractivity contribution in [2.75, 3.05) is 20.7 Å². The maximum absolute atomic E-state index is 7.88. The van der Waals surface area contributed by atoms with Crippen LogP contribution in [-0.4, -0.2) is 30.8 Å². The van der Waals surface area contributed by atoms with Gasteiger partial charge in [-0.3, -0.25) is 10.9 Å². The van der Waals surface area contributed by atoms with Crippen LogP contribution in [0.5, 0.6) is 0 Å². The molecule has 0 heterocycles. The van der Waals surface area contributed by atoms with Crippen LogP contribution in [0.15, 0.2) is 0 Å². The third kappa shape index (κ3) is 181. The molecular formula is C5H16N2O. The Kier molecular flexibility index (Phi) is 13.5. The van der Waals surface area contributed by atoms with Crippen LogP contribution in [-0.2, 0) is 0 Å². The molecule has 0 saturated carbocycles. The highest BCUT2D eigenvalue weighted by Gasteiger charge is 1.57. The first-order chi connectivity index (χ1) is 3.65. The second kappa shape index (κ2) is 9.99. The Bertz CT molecular complexity index is 26.9. The van der Waals surface area contributed by atoms with Gasteiger partial charge in [0.25, 0.3) is 0 Å². The molecule has 0 rings (SSSR count). The zero-order valence-corrected chi connectivity index (χ0v) is 5.89. The molecular weight excluding hydrogens is 104 g/mol. The normalized spacial score (nSPS) is 8.25. The summed E-state index contributed by atoms with van der Waals surface area (Å²) in [4.78, 5) is 0. The van der Waals surface area contributed by atoms with Crippen molar-refractivity contribution in [2.24, 2.45) is 5.84 Å². The van der Waals surface area contributed by atoms with Gasteiger partial charge >= 0.3 is 0 Å². The summed E-state index contributed by atoms with van der Waals surface area (Å²) in [5.74, 6) is 4.94. The molecule has 0 atom stereocenters. The number of nitrogens with zero attached hydrogens (tertiary/aromatic N) is 1. The molecule has 8 heavy (non-hydrogen) atoms. The highest BCUT2D eigenvalue weighted by atomic mass is 16.2. The Labute approximate surface area is 51.1 Å². The molecule has 0 radical (unpaired) electrons. The summed E-state index contributed by atoms with van der Waals surface area (Å²) in [7, 11) is 3.56. The van der Waals surface area contributed by atoms with Gasteiger partial charge in [0.1, 0.15) is 0 Å². The van der Waals surface area contributed by atoms with Crippen molar-refractivity contribution < 1.29 is 5.11 Å². The standard InChI is InChI=1S/C3H8O.C2H8N2/c1-2-3-4;1-4(2)3/h4H,2-3H2,1H3;3H2,1-2H3. The Hall–Kier alpha value is -0.120. The van der Waals surface area contributed by atoms with Crippen LogP contribution in [0.25, 0.3) is 0 Å². The van der Waals surface area contributed by atoms with Crippen LogP contribution in [0.1, 0.15) is 13.3 Å². The van der Waals surface area contributed by atoms with E-state index in [9.17, 15) is 0 Å². The SMILES string of the molecule is CCCO.CN(C)N. The smallest absolute Gasteiger partial charge is 0.0428 e. The number of hydrazine groups is 1. The zero-order chi connectivity index (χ0) is 6.99. The van der Waals surface area contributed by atoms with Gasteiger partial charge in [0, 0.05) is 20.7 Å². The molecule has 0 spiro atoms. The van der Waals surface area contributed by atoms with E-state index in [2.05, 4.69) is 0 Å². The van der Waals surface area contributed by atoms with E-state index in [0.29, 0.717) is 6.61 Å². The molecule has 0 aromatic heterocycles. The van der Waals surface area contributed by atoms with Crippen LogP contribution in [0.2, 0.25) is 0 Å². The zero-order valence-electron chi connectivity index (χ0n) is 5.89. The molecule has 0 amide bonds. The van der Waals surface area contributed by atoms with E-state index < -0.39 is 0 Å². The minimum absolute atomic E-state index is 0.319. The fourth-order valence-electron chi connectivity index (χ4n) is 0. The van der Waals surface area contributed by atoms with E-state index >= 15 is 0 Å². The summed E-state index contributed by atoms with van der Waals surface area (Å²) >= 11 is 0. The van der Waals surface area contributed by atoms with E-state index in [4.69, 9.17) is 10.9 Å². The molecule has 0 aliphatic rings. The molecule has 0 fully saturated rings. The lowest BCUT2D eigenvalue weighted by Crippen LogP contribution is -2.18. The van der Waals surface area contributed by atoms with Crippen molar-refractivity contribution in [3.8, 4) is 0 Å². The first-order valence-electron chi connectivity index (χ1n) is 2.68. The summed E-state index contributed by atoms with van der Waals surface area (Å²) in [5.41, 5.74) is 0. The number of hydrogen-bond donors (Lipinski definition) is 2. The number of aliphatic hydroxyl groups excluding tert-OH is 1. The third-order valence-electron chi connectivity index (χ3n) is 0.224. The van der Waals surface area contributed by atoms with Gasteiger partial charge in [-0.2, -0.15) is 0 Å². The largest absolute Gasteiger partial charge is 0.396 e. The topological polar surface area (TPSA) is 49.5 Å². The minimum Gasteiger partial charge on any atom is -0.396 e. The molecule has 0 aromatic carbocycles. The molecule has 3 N–H and O–H groups in total. The summed E-state index contributed by atoms with van der Waals surface area (Å²) in [6.07, 6.45) is 0.875. The molecule has 0 unspecified atom stereocenters. The van der Waals surface area contributed by atoms with Crippen molar-refractivity contribution >= 4 is 0 Å². The first-order valence-corrected chi connectivity index (χ1v) is 2.68. The van der Waals surface area contributed by atoms with Crippen LogP contribution in [0.3, 0.4) is 0 Å². The molecule has 0 saturated heterocycles. The van der Waals surface area contributed by atoms with Gasteiger partial charge in [-0.1, -0.05) is 6.92 Å². The Balaban J connectivity index is 0. The number of rotatable bonds is 1. The quantitative estimate of drug-likeness (QED) is 0.372. The predicted octanol–water partition coefficient (Wildman–Crippen LogP) is -0.190. The van der Waals surface area contributed by atoms with Gasteiger partial charge in [0.2, 0.25) is 0 Å². The van der Waals surface area contributed by atoms with Gasteiger partial charge in [0.05, 0.1) is 0 Å². The lowest BCUT2D eigenvalue weighted by Gasteiger charge is -1.91. The molecule has 0 aromatic rings. The van der Waals surface area contributed by atoms with Crippen molar-refractivity contribution in [2.45, 2.75) is 13.3 Å². The van der Waals surface area contributed by atoms with Crippen LogP contribution < -0.4 is 5.84 Å². The van der Waals surface area contributed by atoms with Crippen molar-refractivity contribution in [1.82, 2.24) is 5.01 Å². The molecule has 52 valence electrons. The number of hydrogen-bond acceptors (Lipinski definition) is 3. The van der Waals surface area contributed by atoms with Crippen molar-refractivity contribution in [3.05, 3.63) is 0 Å². The molecule has 0 aliphatic heterocycles. The highest BCUT2D eigenvalue weighted by Crippen LogP contribution is 1.61. The summed E-state index contributed by atoms with van der Waals surface area (Å²) in [5, 5.41) is 9.38. The van der Waals surface area contributed by atoms with Gasteiger partial charge in [-0.15, -0.1) is 0 Å².